The van der Waals surface area contributed by atoms with Crippen LogP contribution in [-0.2, 0) is 4.74 Å². The molecule has 0 amide bonds. The van der Waals surface area contributed by atoms with Crippen molar-refractivity contribution in [1.82, 2.24) is 9.88 Å². The molecule has 0 radical (unpaired) electrons. The van der Waals surface area contributed by atoms with E-state index in [0.717, 1.165) is 52.2 Å². The Morgan fingerprint density at radius 1 is 1.03 bits per heavy atom. The van der Waals surface area contributed by atoms with Gasteiger partial charge in [-0.05, 0) is 73.7 Å². The fraction of sp³-hybridized carbons (Fsp3) is 0.379. The van der Waals surface area contributed by atoms with E-state index in [-0.39, 0.29) is 12.0 Å². The Morgan fingerprint density at radius 3 is 2.39 bits per heavy atom. The number of piperidine rings is 1. The lowest BCUT2D eigenvalue weighted by Gasteiger charge is -2.38. The van der Waals surface area contributed by atoms with Crippen molar-refractivity contribution in [3.8, 4) is 22.4 Å². The Morgan fingerprint density at radius 2 is 1.74 bits per heavy atom. The molecule has 3 heterocycles. The van der Waals surface area contributed by atoms with Crippen LogP contribution >= 0.6 is 0 Å². The Labute approximate surface area is 219 Å². The maximum atomic E-state index is 12.7. The highest BCUT2D eigenvalue weighted by atomic mass is 19.4. The van der Waals surface area contributed by atoms with E-state index < -0.39 is 18.9 Å². The molecule has 2 aromatic carbocycles. The van der Waals surface area contributed by atoms with Crippen LogP contribution in [0.15, 0.2) is 60.7 Å². The van der Waals surface area contributed by atoms with Crippen molar-refractivity contribution in [3.05, 3.63) is 71.8 Å². The van der Waals surface area contributed by atoms with Crippen LogP contribution in [0.1, 0.15) is 29.9 Å². The minimum Gasteiger partial charge on any atom is -0.450 e. The van der Waals surface area contributed by atoms with E-state index in [1.807, 2.05) is 30.0 Å². The van der Waals surface area contributed by atoms with Crippen LogP contribution in [0.4, 0.5) is 23.8 Å². The van der Waals surface area contributed by atoms with E-state index in [1.54, 1.807) is 0 Å². The summed E-state index contributed by atoms with van der Waals surface area (Å²) >= 11 is 0. The zero-order valence-electron chi connectivity index (χ0n) is 21.1. The summed E-state index contributed by atoms with van der Waals surface area (Å²) in [6, 6.07) is 20.4. The molecule has 5 rings (SSSR count). The summed E-state index contributed by atoms with van der Waals surface area (Å²) < 4.78 is 43.0. The van der Waals surface area contributed by atoms with Crippen molar-refractivity contribution in [1.29, 1.82) is 0 Å². The third-order valence-corrected chi connectivity index (χ3v) is 7.31. The van der Waals surface area contributed by atoms with Gasteiger partial charge in [0.25, 0.3) is 0 Å². The lowest BCUT2D eigenvalue weighted by Crippen LogP contribution is -2.53. The molecule has 9 heteroatoms. The van der Waals surface area contributed by atoms with Gasteiger partial charge in [0, 0.05) is 5.56 Å². The molecule has 0 aliphatic carbocycles. The molecule has 200 valence electrons. The zero-order chi connectivity index (χ0) is 26.9. The van der Waals surface area contributed by atoms with Crippen molar-refractivity contribution in [2.75, 3.05) is 37.6 Å². The van der Waals surface area contributed by atoms with Crippen molar-refractivity contribution in [3.63, 3.8) is 0 Å². The van der Waals surface area contributed by atoms with Gasteiger partial charge < -0.3 is 14.7 Å². The van der Waals surface area contributed by atoms with Gasteiger partial charge in [-0.2, -0.15) is 13.2 Å². The van der Waals surface area contributed by atoms with Crippen molar-refractivity contribution < 1.29 is 27.8 Å². The highest BCUT2D eigenvalue weighted by Crippen LogP contribution is 2.36. The molecule has 2 aliphatic rings. The largest absolute Gasteiger partial charge is 0.506 e. The van der Waals surface area contributed by atoms with Crippen LogP contribution in [-0.4, -0.2) is 66.1 Å². The van der Waals surface area contributed by atoms with E-state index >= 15 is 0 Å². The SMILES string of the molecule is Cc1ccc(-c2ccc(C3CCN(CC(F)(F)F)CC3)cc2)c(-c2cccc(N3CC(OC(=O)O)C3)n2)c1. The minimum absolute atomic E-state index is 0.259. The van der Waals surface area contributed by atoms with E-state index in [4.69, 9.17) is 14.8 Å². The van der Waals surface area contributed by atoms with Crippen molar-refractivity contribution >= 4 is 12.0 Å². The number of likely N-dealkylation sites (tertiary alicyclic amines) is 1. The molecule has 0 unspecified atom stereocenters. The topological polar surface area (TPSA) is 65.9 Å². The lowest BCUT2D eigenvalue weighted by molar-refractivity contribution is -0.147. The standard InChI is InChI=1S/C29H30F3N3O3/c1-19-5-10-24(22-8-6-20(7-9-22)21-11-13-34(14-12-21)18-29(30,31)32)25(15-19)26-3-2-4-27(33-26)35-16-23(17-35)38-28(36)37/h2-10,15,21,23H,11-14,16-18H2,1H3,(H,36,37). The highest BCUT2D eigenvalue weighted by Gasteiger charge is 2.33. The summed E-state index contributed by atoms with van der Waals surface area (Å²) in [6.07, 6.45) is -4.32. The molecule has 6 nitrogen and oxygen atoms in total. The number of carbonyl (C=O) groups is 1. The van der Waals surface area contributed by atoms with Gasteiger partial charge in [-0.1, -0.05) is 48.0 Å². The molecule has 1 aromatic heterocycles. The van der Waals surface area contributed by atoms with Crippen molar-refractivity contribution in [2.24, 2.45) is 0 Å². The third kappa shape index (κ3) is 6.10. The second-order valence-corrected chi connectivity index (χ2v) is 10.1. The molecule has 0 spiro atoms. The number of hydrogen-bond donors (Lipinski definition) is 1. The van der Waals surface area contributed by atoms with Crippen LogP contribution in [0, 0.1) is 6.92 Å². The van der Waals surface area contributed by atoms with E-state index in [9.17, 15) is 18.0 Å². The van der Waals surface area contributed by atoms with Gasteiger partial charge in [-0.15, -0.1) is 0 Å². The molecular weight excluding hydrogens is 495 g/mol. The predicted octanol–water partition coefficient (Wildman–Crippen LogP) is 6.35. The molecule has 1 N–H and O–H groups in total. The second kappa shape index (κ2) is 10.6. The third-order valence-electron chi connectivity index (χ3n) is 7.31. The molecule has 0 bridgehead atoms. The first-order chi connectivity index (χ1) is 18.1. The second-order valence-electron chi connectivity index (χ2n) is 10.1. The number of carboxylic acid groups (broad SMARTS) is 1. The number of anilines is 1. The first kappa shape index (κ1) is 26.0. The number of halogens is 3. The van der Waals surface area contributed by atoms with Crippen LogP contribution in [0.2, 0.25) is 0 Å². The molecule has 2 saturated heterocycles. The number of hydrogen-bond acceptors (Lipinski definition) is 5. The average molecular weight is 526 g/mol. The Balaban J connectivity index is 1.32. The monoisotopic (exact) mass is 525 g/mol. The Bertz CT molecular complexity index is 1280. The summed E-state index contributed by atoms with van der Waals surface area (Å²) in [4.78, 5) is 19.1. The van der Waals surface area contributed by atoms with Gasteiger partial charge in [0.2, 0.25) is 0 Å². The number of alkyl halides is 3. The van der Waals surface area contributed by atoms with E-state index in [0.29, 0.717) is 26.2 Å². The first-order valence-electron chi connectivity index (χ1n) is 12.8. The Hall–Kier alpha value is -3.59. The zero-order valence-corrected chi connectivity index (χ0v) is 21.1. The number of benzene rings is 2. The summed E-state index contributed by atoms with van der Waals surface area (Å²) in [5, 5.41) is 8.81. The summed E-state index contributed by atoms with van der Waals surface area (Å²) in [5.74, 6) is 1.03. The molecular formula is C29H30F3N3O3. The summed E-state index contributed by atoms with van der Waals surface area (Å²) in [5.41, 5.74) is 6.18. The number of pyridine rings is 1. The van der Waals surface area contributed by atoms with Crippen LogP contribution in [0.3, 0.4) is 0 Å². The molecule has 0 saturated carbocycles. The fourth-order valence-electron chi connectivity index (χ4n) is 5.33. The number of rotatable bonds is 6. The van der Waals surface area contributed by atoms with Crippen LogP contribution in [0.25, 0.3) is 22.4 Å². The lowest BCUT2D eigenvalue weighted by atomic mass is 9.87. The summed E-state index contributed by atoms with van der Waals surface area (Å²) in [7, 11) is 0. The maximum absolute atomic E-state index is 12.7. The quantitative estimate of drug-likeness (QED) is 0.379. The van der Waals surface area contributed by atoms with Gasteiger partial charge in [-0.25, -0.2) is 9.78 Å². The molecule has 0 atom stereocenters. The molecule has 2 fully saturated rings. The van der Waals surface area contributed by atoms with Gasteiger partial charge >= 0.3 is 12.3 Å². The molecule has 3 aromatic rings. The number of ether oxygens (including phenoxy) is 1. The Kier molecular flexibility index (Phi) is 7.29. The fourth-order valence-corrected chi connectivity index (χ4v) is 5.33. The number of nitrogens with zero attached hydrogens (tertiary/aromatic N) is 3. The van der Waals surface area contributed by atoms with Gasteiger partial charge in [0.05, 0.1) is 25.3 Å². The number of aromatic nitrogens is 1. The maximum Gasteiger partial charge on any atom is 0.506 e. The average Bonchev–Trinajstić information content (AvgIpc) is 2.85. The van der Waals surface area contributed by atoms with Crippen LogP contribution in [0.5, 0.6) is 0 Å². The first-order valence-corrected chi connectivity index (χ1v) is 12.8. The normalized spacial score (nSPS) is 17.3. The van der Waals surface area contributed by atoms with Gasteiger partial charge in [0.15, 0.2) is 0 Å². The van der Waals surface area contributed by atoms with Crippen molar-refractivity contribution in [2.45, 2.75) is 38.0 Å². The van der Waals surface area contributed by atoms with E-state index in [2.05, 4.69) is 42.5 Å². The highest BCUT2D eigenvalue weighted by molar-refractivity contribution is 5.83. The smallest absolute Gasteiger partial charge is 0.450 e. The van der Waals surface area contributed by atoms with Gasteiger partial charge in [-0.3, -0.25) is 4.90 Å². The molecule has 2 aliphatic heterocycles. The van der Waals surface area contributed by atoms with Crippen LogP contribution < -0.4 is 4.90 Å². The number of aryl methyl sites for hydroxylation is 1. The molecule has 38 heavy (non-hydrogen) atoms. The minimum atomic E-state index is -4.15. The summed E-state index contributed by atoms with van der Waals surface area (Å²) in [6.45, 7) is 3.06. The van der Waals surface area contributed by atoms with Gasteiger partial charge in [0.1, 0.15) is 11.9 Å². The van der Waals surface area contributed by atoms with E-state index in [1.165, 1.54) is 4.90 Å². The predicted molar refractivity (Wildman–Crippen MR) is 139 cm³/mol.